The molecule has 0 fully saturated rings. The van der Waals surface area contributed by atoms with E-state index in [2.05, 4.69) is 15.0 Å². The van der Waals surface area contributed by atoms with Crippen LogP contribution in [-0.4, -0.2) is 39.4 Å². The molecule has 2 aromatic carbocycles. The molecule has 28 heavy (non-hydrogen) atoms. The number of imidazole rings is 1. The fourth-order valence-corrected chi connectivity index (χ4v) is 3.67. The summed E-state index contributed by atoms with van der Waals surface area (Å²) in [5, 5.41) is 0. The Labute approximate surface area is 161 Å². The maximum atomic E-state index is 13.1. The fraction of sp³-hybridized carbons (Fsp3) is 0.190. The molecule has 1 aliphatic rings. The number of para-hydroxylation sites is 2. The molecule has 5 rings (SSSR count). The number of nitrogens with one attached hydrogen (secondary N) is 1. The fourth-order valence-electron chi connectivity index (χ4n) is 3.67. The quantitative estimate of drug-likeness (QED) is 0.594. The number of benzene rings is 2. The molecule has 0 saturated heterocycles. The molecule has 0 radical (unpaired) electrons. The van der Waals surface area contributed by atoms with Crippen LogP contribution in [0.4, 0.5) is 0 Å². The Morgan fingerprint density at radius 3 is 2.82 bits per heavy atom. The van der Waals surface area contributed by atoms with E-state index in [0.717, 1.165) is 22.7 Å². The van der Waals surface area contributed by atoms with E-state index in [4.69, 9.17) is 9.15 Å². The molecule has 140 valence electrons. The normalized spacial score (nSPS) is 16.2. The average Bonchev–Trinajstić information content (AvgIpc) is 3.39. The number of H-pyrrole nitrogens is 1. The van der Waals surface area contributed by atoms with E-state index in [1.54, 1.807) is 18.3 Å². The summed E-state index contributed by atoms with van der Waals surface area (Å²) in [6.45, 7) is 0.946. The van der Waals surface area contributed by atoms with Gasteiger partial charge in [0.15, 0.2) is 5.58 Å². The number of hydrogen-bond donors (Lipinski definition) is 1. The molecule has 1 atom stereocenters. The molecule has 7 nitrogen and oxygen atoms in total. The van der Waals surface area contributed by atoms with Gasteiger partial charge in [-0.15, -0.1) is 0 Å². The summed E-state index contributed by atoms with van der Waals surface area (Å²) >= 11 is 0. The van der Waals surface area contributed by atoms with Gasteiger partial charge in [-0.2, -0.15) is 0 Å². The van der Waals surface area contributed by atoms with E-state index in [1.807, 2.05) is 48.5 Å². The maximum absolute atomic E-state index is 13.1. The van der Waals surface area contributed by atoms with Crippen LogP contribution in [-0.2, 0) is 6.54 Å². The number of amides is 1. The molecule has 2 aromatic heterocycles. The van der Waals surface area contributed by atoms with Gasteiger partial charge in [0.2, 0.25) is 0 Å². The second kappa shape index (κ2) is 6.53. The van der Waals surface area contributed by atoms with Crippen molar-refractivity contribution in [3.63, 3.8) is 0 Å². The molecule has 1 unspecified atom stereocenters. The van der Waals surface area contributed by atoms with Gasteiger partial charge in [0.1, 0.15) is 11.3 Å². The SMILES string of the molecule is COc1ccc(C2CN(C(=O)c3nc4ccccc4o3)Cc3[nH]cnc32)cc1. The van der Waals surface area contributed by atoms with E-state index in [9.17, 15) is 4.79 Å². The van der Waals surface area contributed by atoms with E-state index >= 15 is 0 Å². The van der Waals surface area contributed by atoms with Gasteiger partial charge in [-0.3, -0.25) is 4.79 Å². The lowest BCUT2D eigenvalue weighted by atomic mass is 9.91. The van der Waals surface area contributed by atoms with Crippen LogP contribution in [0, 0.1) is 0 Å². The smallest absolute Gasteiger partial charge is 0.310 e. The van der Waals surface area contributed by atoms with Gasteiger partial charge in [0, 0.05) is 12.5 Å². The largest absolute Gasteiger partial charge is 0.497 e. The topological polar surface area (TPSA) is 84.2 Å². The van der Waals surface area contributed by atoms with Crippen molar-refractivity contribution in [1.29, 1.82) is 0 Å². The summed E-state index contributed by atoms with van der Waals surface area (Å²) in [5.74, 6) is 0.642. The third kappa shape index (κ3) is 2.72. The molecule has 4 aromatic rings. The lowest BCUT2D eigenvalue weighted by molar-refractivity contribution is 0.0684. The van der Waals surface area contributed by atoms with E-state index in [0.29, 0.717) is 24.2 Å². The zero-order chi connectivity index (χ0) is 19.1. The van der Waals surface area contributed by atoms with Crippen LogP contribution in [0.2, 0.25) is 0 Å². The van der Waals surface area contributed by atoms with Crippen molar-refractivity contribution in [3.8, 4) is 5.75 Å². The number of carbonyl (C=O) groups is 1. The zero-order valence-corrected chi connectivity index (χ0v) is 15.3. The van der Waals surface area contributed by atoms with Crippen LogP contribution in [0.1, 0.15) is 33.6 Å². The second-order valence-corrected chi connectivity index (χ2v) is 6.76. The second-order valence-electron chi connectivity index (χ2n) is 6.76. The van der Waals surface area contributed by atoms with Gasteiger partial charge in [-0.05, 0) is 29.8 Å². The number of ether oxygens (including phenoxy) is 1. The summed E-state index contributed by atoms with van der Waals surface area (Å²) in [4.78, 5) is 26.9. The third-order valence-electron chi connectivity index (χ3n) is 5.12. The van der Waals surface area contributed by atoms with E-state index < -0.39 is 0 Å². The first-order valence-electron chi connectivity index (χ1n) is 9.04. The summed E-state index contributed by atoms with van der Waals surface area (Å²) in [5.41, 5.74) is 4.25. The first-order chi connectivity index (χ1) is 13.7. The molecule has 0 spiro atoms. The molecule has 0 aliphatic carbocycles. The van der Waals surface area contributed by atoms with Crippen LogP contribution in [0.3, 0.4) is 0 Å². The number of nitrogens with zero attached hydrogens (tertiary/aromatic N) is 3. The molecular formula is C21H18N4O3. The number of hydrogen-bond acceptors (Lipinski definition) is 5. The van der Waals surface area contributed by atoms with Crippen molar-refractivity contribution in [2.75, 3.05) is 13.7 Å². The summed E-state index contributed by atoms with van der Waals surface area (Å²) in [7, 11) is 1.64. The minimum atomic E-state index is -0.227. The van der Waals surface area contributed by atoms with Gasteiger partial charge < -0.3 is 19.0 Å². The molecular weight excluding hydrogens is 356 g/mol. The summed E-state index contributed by atoms with van der Waals surface area (Å²) in [6.07, 6.45) is 1.68. The Bertz CT molecular complexity index is 1110. The van der Waals surface area contributed by atoms with Crippen LogP contribution >= 0.6 is 0 Å². The van der Waals surface area contributed by atoms with Gasteiger partial charge >= 0.3 is 5.91 Å². The molecule has 3 heterocycles. The maximum Gasteiger partial charge on any atom is 0.310 e. The number of rotatable bonds is 3. The van der Waals surface area contributed by atoms with Crippen molar-refractivity contribution in [3.05, 3.63) is 77.7 Å². The van der Waals surface area contributed by atoms with Crippen molar-refractivity contribution >= 4 is 17.0 Å². The number of oxazole rings is 1. The van der Waals surface area contributed by atoms with Crippen LogP contribution in [0.15, 0.2) is 59.3 Å². The minimum absolute atomic E-state index is 0.0331. The first-order valence-corrected chi connectivity index (χ1v) is 9.04. The number of aromatic amines is 1. The molecule has 1 amide bonds. The lowest BCUT2D eigenvalue weighted by Crippen LogP contribution is -2.38. The van der Waals surface area contributed by atoms with Crippen molar-refractivity contribution < 1.29 is 13.9 Å². The van der Waals surface area contributed by atoms with Gasteiger partial charge in [0.05, 0.1) is 31.4 Å². The van der Waals surface area contributed by atoms with E-state index in [1.165, 1.54) is 0 Å². The van der Waals surface area contributed by atoms with Crippen molar-refractivity contribution in [2.24, 2.45) is 0 Å². The Morgan fingerprint density at radius 1 is 1.21 bits per heavy atom. The highest BCUT2D eigenvalue weighted by Gasteiger charge is 2.33. The molecule has 7 heteroatoms. The predicted octanol–water partition coefficient (Wildman–Crippen LogP) is 3.35. The number of methoxy groups -OCH3 is 1. The monoisotopic (exact) mass is 374 g/mol. The highest BCUT2D eigenvalue weighted by atomic mass is 16.5. The highest BCUT2D eigenvalue weighted by molar-refractivity contribution is 5.92. The van der Waals surface area contributed by atoms with Crippen LogP contribution < -0.4 is 4.74 Å². The summed E-state index contributed by atoms with van der Waals surface area (Å²) in [6, 6.07) is 15.2. The van der Waals surface area contributed by atoms with Crippen LogP contribution in [0.5, 0.6) is 5.75 Å². The van der Waals surface area contributed by atoms with Gasteiger partial charge in [0.25, 0.3) is 5.89 Å². The summed E-state index contributed by atoms with van der Waals surface area (Å²) < 4.78 is 10.9. The van der Waals surface area contributed by atoms with Crippen molar-refractivity contribution in [2.45, 2.75) is 12.5 Å². The molecule has 1 N–H and O–H groups in total. The van der Waals surface area contributed by atoms with Gasteiger partial charge in [-0.1, -0.05) is 24.3 Å². The number of carbonyl (C=O) groups excluding carboxylic acids is 1. The molecule has 0 bridgehead atoms. The molecule has 0 saturated carbocycles. The Hall–Kier alpha value is -3.61. The van der Waals surface area contributed by atoms with Gasteiger partial charge in [-0.25, -0.2) is 9.97 Å². The third-order valence-corrected chi connectivity index (χ3v) is 5.12. The lowest BCUT2D eigenvalue weighted by Gasteiger charge is -2.31. The molecule has 1 aliphatic heterocycles. The standard InChI is InChI=1S/C21H18N4O3/c1-27-14-8-6-13(7-9-14)15-10-25(11-17-19(15)23-12-22-17)21(26)20-24-16-4-2-3-5-18(16)28-20/h2-9,12,15H,10-11H2,1H3,(H,22,23). The van der Waals surface area contributed by atoms with Crippen LogP contribution in [0.25, 0.3) is 11.1 Å². The Kier molecular flexibility index (Phi) is 3.86. The zero-order valence-electron chi connectivity index (χ0n) is 15.3. The number of aromatic nitrogens is 3. The van der Waals surface area contributed by atoms with Crippen molar-refractivity contribution in [1.82, 2.24) is 19.9 Å². The Morgan fingerprint density at radius 2 is 2.04 bits per heavy atom. The average molecular weight is 374 g/mol. The first kappa shape index (κ1) is 16.6. The minimum Gasteiger partial charge on any atom is -0.497 e. The predicted molar refractivity (Wildman–Crippen MR) is 102 cm³/mol. The van der Waals surface area contributed by atoms with E-state index in [-0.39, 0.29) is 17.7 Å². The Balaban J connectivity index is 1.48. The number of fused-ring (bicyclic) bond motifs is 2. The highest BCUT2D eigenvalue weighted by Crippen LogP contribution is 2.33.